The fraction of sp³-hybridized carbons (Fsp3) is 0.444. The molecule has 1 fully saturated rings. The van der Waals surface area contributed by atoms with E-state index in [1.165, 1.54) is 12.0 Å². The molecule has 2 heterocycles. The lowest BCUT2D eigenvalue weighted by atomic mass is 9.92. The quantitative estimate of drug-likeness (QED) is 0.623. The zero-order chi connectivity index (χ0) is 15.4. The molecule has 0 N–H and O–H groups in total. The normalized spacial score (nSPS) is 21.8. The third kappa shape index (κ3) is 4.01. The van der Waals surface area contributed by atoms with Crippen molar-refractivity contribution in [2.45, 2.75) is 31.2 Å². The van der Waals surface area contributed by atoms with Crippen LogP contribution < -0.4 is 4.90 Å². The lowest BCUT2D eigenvalue weighted by Crippen LogP contribution is -2.39. The number of nitrogens with zero attached hydrogens (tertiary/aromatic N) is 3. The minimum Gasteiger partial charge on any atom is -0.356 e. The number of hydrogen-bond donors (Lipinski definition) is 0. The number of rotatable bonds is 4. The minimum absolute atomic E-state index is 0.735. The third-order valence-corrected chi connectivity index (χ3v) is 4.95. The number of piperidine rings is 1. The van der Waals surface area contributed by atoms with Crippen molar-refractivity contribution in [1.29, 1.82) is 0 Å². The van der Waals surface area contributed by atoms with Crippen molar-refractivity contribution < 1.29 is 0 Å². The monoisotopic (exact) mass is 313 g/mol. The smallest absolute Gasteiger partial charge is 0.189 e. The zero-order valence-electron chi connectivity index (χ0n) is 13.3. The maximum Gasteiger partial charge on any atom is 0.189 e. The van der Waals surface area contributed by atoms with E-state index in [0.717, 1.165) is 41.7 Å². The number of aromatic nitrogens is 2. The van der Waals surface area contributed by atoms with Gasteiger partial charge in [-0.15, -0.1) is 0 Å². The first-order valence-electron chi connectivity index (χ1n) is 7.95. The number of benzene rings is 1. The van der Waals surface area contributed by atoms with Crippen molar-refractivity contribution >= 4 is 17.6 Å². The Morgan fingerprint density at radius 2 is 1.82 bits per heavy atom. The molecule has 0 saturated carbocycles. The molecule has 0 amide bonds. The molecule has 0 bridgehead atoms. The Morgan fingerprint density at radius 1 is 1.09 bits per heavy atom. The predicted molar refractivity (Wildman–Crippen MR) is 93.2 cm³/mol. The minimum atomic E-state index is 0.735. The van der Waals surface area contributed by atoms with Crippen LogP contribution in [0.3, 0.4) is 0 Å². The van der Waals surface area contributed by atoms with E-state index in [9.17, 15) is 0 Å². The van der Waals surface area contributed by atoms with E-state index in [4.69, 9.17) is 4.98 Å². The average Bonchev–Trinajstić information content (AvgIpc) is 2.53. The second kappa shape index (κ2) is 7.14. The zero-order valence-corrected chi connectivity index (χ0v) is 14.1. The second-order valence-electron chi connectivity index (χ2n) is 6.32. The van der Waals surface area contributed by atoms with Gasteiger partial charge in [0.05, 0.1) is 0 Å². The van der Waals surface area contributed by atoms with Crippen molar-refractivity contribution in [2.24, 2.45) is 11.8 Å². The SMILES string of the molecule is CC1CC(C)CN(c2ccnc(SCc3ccccc3)n2)C1. The summed E-state index contributed by atoms with van der Waals surface area (Å²) in [6.45, 7) is 6.86. The molecule has 2 unspecified atom stereocenters. The van der Waals surface area contributed by atoms with E-state index >= 15 is 0 Å². The largest absolute Gasteiger partial charge is 0.356 e. The van der Waals surface area contributed by atoms with Crippen molar-refractivity contribution in [3.05, 3.63) is 48.2 Å². The van der Waals surface area contributed by atoms with E-state index < -0.39 is 0 Å². The Morgan fingerprint density at radius 3 is 2.55 bits per heavy atom. The lowest BCUT2D eigenvalue weighted by Gasteiger charge is -2.35. The van der Waals surface area contributed by atoms with Crippen LogP contribution in [0.1, 0.15) is 25.8 Å². The van der Waals surface area contributed by atoms with E-state index in [0.29, 0.717) is 0 Å². The van der Waals surface area contributed by atoms with Crippen molar-refractivity contribution in [3.63, 3.8) is 0 Å². The number of thioether (sulfide) groups is 1. The molecular weight excluding hydrogens is 290 g/mol. The van der Waals surface area contributed by atoms with Gasteiger partial charge in [-0.25, -0.2) is 9.97 Å². The van der Waals surface area contributed by atoms with Crippen LogP contribution in [0, 0.1) is 11.8 Å². The van der Waals surface area contributed by atoms with Crippen LogP contribution in [0.5, 0.6) is 0 Å². The maximum atomic E-state index is 4.76. The first kappa shape index (κ1) is 15.3. The van der Waals surface area contributed by atoms with E-state index in [1.807, 2.05) is 18.3 Å². The molecule has 22 heavy (non-hydrogen) atoms. The Labute approximate surface area is 137 Å². The van der Waals surface area contributed by atoms with Gasteiger partial charge in [0.25, 0.3) is 0 Å². The van der Waals surface area contributed by atoms with Crippen molar-refractivity contribution in [3.8, 4) is 0 Å². The molecule has 0 radical (unpaired) electrons. The summed E-state index contributed by atoms with van der Waals surface area (Å²) in [7, 11) is 0. The summed E-state index contributed by atoms with van der Waals surface area (Å²) in [5.74, 6) is 3.46. The van der Waals surface area contributed by atoms with Gasteiger partial charge >= 0.3 is 0 Å². The molecule has 1 aromatic carbocycles. The third-order valence-electron chi connectivity index (χ3n) is 4.02. The van der Waals surface area contributed by atoms with Crippen LogP contribution in [0.25, 0.3) is 0 Å². The molecule has 1 saturated heterocycles. The van der Waals surface area contributed by atoms with Crippen LogP contribution in [0.15, 0.2) is 47.8 Å². The van der Waals surface area contributed by atoms with Gasteiger partial charge in [0, 0.05) is 25.0 Å². The highest BCUT2D eigenvalue weighted by Gasteiger charge is 2.22. The van der Waals surface area contributed by atoms with E-state index in [1.54, 1.807) is 11.8 Å². The molecule has 3 rings (SSSR count). The predicted octanol–water partition coefficient (Wildman–Crippen LogP) is 4.25. The summed E-state index contributed by atoms with van der Waals surface area (Å²) in [5, 5.41) is 0.868. The second-order valence-corrected chi connectivity index (χ2v) is 7.27. The first-order valence-corrected chi connectivity index (χ1v) is 8.94. The Hall–Kier alpha value is -1.55. The van der Waals surface area contributed by atoms with Crippen LogP contribution in [0.4, 0.5) is 5.82 Å². The summed E-state index contributed by atoms with van der Waals surface area (Å²) in [6.07, 6.45) is 3.21. The van der Waals surface area contributed by atoms with Gasteiger partial charge in [-0.2, -0.15) is 0 Å². The Bertz CT molecular complexity index is 592. The van der Waals surface area contributed by atoms with Crippen molar-refractivity contribution in [1.82, 2.24) is 9.97 Å². The fourth-order valence-electron chi connectivity index (χ4n) is 3.15. The van der Waals surface area contributed by atoms with Crippen LogP contribution in [-0.4, -0.2) is 23.1 Å². The van der Waals surface area contributed by atoms with Crippen LogP contribution >= 0.6 is 11.8 Å². The van der Waals surface area contributed by atoms with Gasteiger partial charge in [-0.05, 0) is 29.9 Å². The molecule has 0 aliphatic carbocycles. The van der Waals surface area contributed by atoms with Crippen LogP contribution in [0.2, 0.25) is 0 Å². The number of anilines is 1. The van der Waals surface area contributed by atoms with Gasteiger partial charge in [0.1, 0.15) is 5.82 Å². The summed E-state index contributed by atoms with van der Waals surface area (Å²) in [6, 6.07) is 12.5. The van der Waals surface area contributed by atoms with Gasteiger partial charge < -0.3 is 4.90 Å². The van der Waals surface area contributed by atoms with Crippen LogP contribution in [-0.2, 0) is 5.75 Å². The molecule has 3 nitrogen and oxygen atoms in total. The van der Waals surface area contributed by atoms with E-state index in [-0.39, 0.29) is 0 Å². The highest BCUT2D eigenvalue weighted by molar-refractivity contribution is 7.98. The standard InChI is InChI=1S/C18H23N3S/c1-14-10-15(2)12-21(11-14)17-8-9-19-18(20-17)22-13-16-6-4-3-5-7-16/h3-9,14-15H,10-13H2,1-2H3. The highest BCUT2D eigenvalue weighted by atomic mass is 32.2. The van der Waals surface area contributed by atoms with Gasteiger partial charge in [-0.3, -0.25) is 0 Å². The summed E-state index contributed by atoms with van der Waals surface area (Å²) in [4.78, 5) is 11.6. The molecule has 1 aliphatic heterocycles. The highest BCUT2D eigenvalue weighted by Crippen LogP contribution is 2.26. The molecule has 1 aromatic heterocycles. The topological polar surface area (TPSA) is 29.0 Å². The van der Waals surface area contributed by atoms with E-state index in [2.05, 4.69) is 48.0 Å². The van der Waals surface area contributed by atoms with Gasteiger partial charge in [0.2, 0.25) is 0 Å². The summed E-state index contributed by atoms with van der Waals surface area (Å²) < 4.78 is 0. The molecule has 116 valence electrons. The molecule has 2 aromatic rings. The van der Waals surface area contributed by atoms with Crippen molar-refractivity contribution in [2.75, 3.05) is 18.0 Å². The van der Waals surface area contributed by atoms with Gasteiger partial charge in [0.15, 0.2) is 5.16 Å². The summed E-state index contributed by atoms with van der Waals surface area (Å²) in [5.41, 5.74) is 1.31. The molecular formula is C18H23N3S. The average molecular weight is 313 g/mol. The maximum absolute atomic E-state index is 4.76. The molecule has 0 spiro atoms. The molecule has 2 atom stereocenters. The Balaban J connectivity index is 1.67. The lowest BCUT2D eigenvalue weighted by molar-refractivity contribution is 0.355. The molecule has 1 aliphatic rings. The fourth-order valence-corrected chi connectivity index (χ4v) is 3.93. The Kier molecular flexibility index (Phi) is 4.98. The molecule has 4 heteroatoms. The first-order chi connectivity index (χ1) is 10.7. The summed E-state index contributed by atoms with van der Waals surface area (Å²) >= 11 is 1.70. The number of hydrogen-bond acceptors (Lipinski definition) is 4. The van der Waals surface area contributed by atoms with Gasteiger partial charge in [-0.1, -0.05) is 55.9 Å².